The molecule has 1 aliphatic carbocycles. The molecule has 0 aliphatic heterocycles. The van der Waals surface area contributed by atoms with Gasteiger partial charge in [-0.3, -0.25) is 4.79 Å². The molecule has 0 heterocycles. The maximum atomic E-state index is 12.4. The van der Waals surface area contributed by atoms with Gasteiger partial charge in [0.05, 0.1) is 4.90 Å². The summed E-state index contributed by atoms with van der Waals surface area (Å²) < 4.78 is 27.3. The Morgan fingerprint density at radius 2 is 1.91 bits per heavy atom. The van der Waals surface area contributed by atoms with Gasteiger partial charge in [0.2, 0.25) is 15.9 Å². The Hall–Kier alpha value is -1.44. The smallest absolute Gasteiger partial charge is 0.249 e. The molecule has 0 spiro atoms. The number of carbonyl (C=O) groups is 1. The highest BCUT2D eigenvalue weighted by atomic mass is 32.2. The van der Waals surface area contributed by atoms with Gasteiger partial charge >= 0.3 is 0 Å². The van der Waals surface area contributed by atoms with E-state index in [9.17, 15) is 13.2 Å². The molecular weight excluding hydrogens is 302 g/mol. The Balaban J connectivity index is 2.16. The third-order valence-corrected chi connectivity index (χ3v) is 5.65. The number of carbonyl (C=O) groups excluding carboxylic acids is 1. The quantitative estimate of drug-likeness (QED) is 0.750. The summed E-state index contributed by atoms with van der Waals surface area (Å²) in [6.07, 6.45) is 4.82. The van der Waals surface area contributed by atoms with E-state index < -0.39 is 21.5 Å². The number of aryl methyl sites for hydroxylation is 1. The van der Waals surface area contributed by atoms with Gasteiger partial charge in [-0.25, -0.2) is 13.1 Å². The molecule has 0 aromatic heterocycles. The largest absolute Gasteiger partial charge is 0.366 e. The number of nitrogens with one attached hydrogen (secondary N) is 1. The Morgan fingerprint density at radius 1 is 1.27 bits per heavy atom. The van der Waals surface area contributed by atoms with Crippen LogP contribution in [0, 0.1) is 6.92 Å². The molecule has 22 heavy (non-hydrogen) atoms. The van der Waals surface area contributed by atoms with E-state index in [-0.39, 0.29) is 17.0 Å². The summed E-state index contributed by atoms with van der Waals surface area (Å²) in [4.78, 5) is 11.4. The van der Waals surface area contributed by atoms with Crippen molar-refractivity contribution in [3.63, 3.8) is 0 Å². The van der Waals surface area contributed by atoms with Gasteiger partial charge in [-0.05, 0) is 37.5 Å². The molecule has 1 aromatic rings. The molecule has 0 atom stereocenters. The van der Waals surface area contributed by atoms with Crippen molar-refractivity contribution in [1.82, 2.24) is 4.72 Å². The fourth-order valence-electron chi connectivity index (χ4n) is 2.79. The third-order valence-electron chi connectivity index (χ3n) is 4.25. The van der Waals surface area contributed by atoms with E-state index in [4.69, 9.17) is 11.5 Å². The molecule has 0 bridgehead atoms. The van der Waals surface area contributed by atoms with Crippen LogP contribution >= 0.6 is 0 Å². The molecule has 1 saturated carbocycles. The van der Waals surface area contributed by atoms with Gasteiger partial charge in [-0.2, -0.15) is 0 Å². The van der Waals surface area contributed by atoms with Gasteiger partial charge < -0.3 is 11.5 Å². The average Bonchev–Trinajstić information content (AvgIpc) is 2.46. The van der Waals surface area contributed by atoms with Crippen molar-refractivity contribution in [2.24, 2.45) is 11.5 Å². The molecule has 1 aliphatic rings. The van der Waals surface area contributed by atoms with Crippen molar-refractivity contribution in [1.29, 1.82) is 0 Å². The van der Waals surface area contributed by atoms with E-state index in [1.54, 1.807) is 13.0 Å². The SMILES string of the molecule is Cc1ccc(S(=O)(=O)NCC2(N)CCCCC2)cc1C(N)=O. The molecule has 0 saturated heterocycles. The molecule has 1 amide bonds. The van der Waals surface area contributed by atoms with Crippen LogP contribution in [0.2, 0.25) is 0 Å². The number of sulfonamides is 1. The van der Waals surface area contributed by atoms with Crippen LogP contribution in [0.1, 0.15) is 48.0 Å². The van der Waals surface area contributed by atoms with E-state index >= 15 is 0 Å². The summed E-state index contributed by atoms with van der Waals surface area (Å²) in [5.74, 6) is -0.642. The Labute approximate surface area is 131 Å². The third kappa shape index (κ3) is 3.85. The number of amides is 1. The zero-order valence-electron chi connectivity index (χ0n) is 12.8. The predicted molar refractivity (Wildman–Crippen MR) is 84.9 cm³/mol. The maximum absolute atomic E-state index is 12.4. The number of primary amides is 1. The zero-order chi connectivity index (χ0) is 16.4. The first kappa shape index (κ1) is 16.9. The van der Waals surface area contributed by atoms with E-state index in [1.807, 2.05) is 0 Å². The highest BCUT2D eigenvalue weighted by Gasteiger charge is 2.29. The van der Waals surface area contributed by atoms with E-state index in [2.05, 4.69) is 4.72 Å². The van der Waals surface area contributed by atoms with Crippen LogP contribution in [-0.2, 0) is 10.0 Å². The van der Waals surface area contributed by atoms with Crippen LogP contribution in [0.4, 0.5) is 0 Å². The lowest BCUT2D eigenvalue weighted by Gasteiger charge is -2.33. The summed E-state index contributed by atoms with van der Waals surface area (Å²) in [5.41, 5.74) is 11.9. The first-order chi connectivity index (χ1) is 10.2. The Morgan fingerprint density at radius 3 is 2.50 bits per heavy atom. The second kappa shape index (κ2) is 6.36. The first-order valence-corrected chi connectivity index (χ1v) is 8.91. The van der Waals surface area contributed by atoms with Crippen molar-refractivity contribution < 1.29 is 13.2 Å². The van der Waals surface area contributed by atoms with Gasteiger partial charge in [0.15, 0.2) is 0 Å². The molecule has 0 radical (unpaired) electrons. The fourth-order valence-corrected chi connectivity index (χ4v) is 3.95. The molecule has 7 heteroatoms. The van der Waals surface area contributed by atoms with Crippen molar-refractivity contribution in [2.45, 2.75) is 49.5 Å². The maximum Gasteiger partial charge on any atom is 0.249 e. The minimum Gasteiger partial charge on any atom is -0.366 e. The van der Waals surface area contributed by atoms with Crippen molar-refractivity contribution in [2.75, 3.05) is 6.54 Å². The highest BCUT2D eigenvalue weighted by Crippen LogP contribution is 2.25. The van der Waals surface area contributed by atoms with Crippen LogP contribution in [-0.4, -0.2) is 26.4 Å². The molecule has 122 valence electrons. The molecular formula is C15H23N3O3S. The molecule has 1 fully saturated rings. The number of benzene rings is 1. The Kier molecular flexibility index (Phi) is 4.89. The lowest BCUT2D eigenvalue weighted by atomic mass is 9.83. The fraction of sp³-hybridized carbons (Fsp3) is 0.533. The minimum atomic E-state index is -3.71. The summed E-state index contributed by atoms with van der Waals surface area (Å²) >= 11 is 0. The van der Waals surface area contributed by atoms with Crippen molar-refractivity contribution in [3.05, 3.63) is 29.3 Å². The van der Waals surface area contributed by atoms with Gasteiger partial charge in [-0.1, -0.05) is 25.3 Å². The lowest BCUT2D eigenvalue weighted by Crippen LogP contribution is -2.51. The normalized spacial score (nSPS) is 18.1. The van der Waals surface area contributed by atoms with E-state index in [0.717, 1.165) is 32.1 Å². The highest BCUT2D eigenvalue weighted by molar-refractivity contribution is 7.89. The summed E-state index contributed by atoms with van der Waals surface area (Å²) in [7, 11) is -3.71. The van der Waals surface area contributed by atoms with Gasteiger partial charge in [0.1, 0.15) is 0 Å². The van der Waals surface area contributed by atoms with Crippen molar-refractivity contribution in [3.8, 4) is 0 Å². The van der Waals surface area contributed by atoms with Crippen molar-refractivity contribution >= 4 is 15.9 Å². The zero-order valence-corrected chi connectivity index (χ0v) is 13.6. The second-order valence-corrected chi connectivity index (χ2v) is 7.86. The topological polar surface area (TPSA) is 115 Å². The second-order valence-electron chi connectivity index (χ2n) is 6.09. The number of hydrogen-bond donors (Lipinski definition) is 3. The van der Waals surface area contributed by atoms with Crippen LogP contribution in [0.15, 0.2) is 23.1 Å². The lowest BCUT2D eigenvalue weighted by molar-refractivity contribution is 0.0999. The summed E-state index contributed by atoms with van der Waals surface area (Å²) in [6, 6.07) is 4.35. The Bertz CT molecular complexity index is 665. The molecule has 5 N–H and O–H groups in total. The monoisotopic (exact) mass is 325 g/mol. The summed E-state index contributed by atoms with van der Waals surface area (Å²) in [6.45, 7) is 1.91. The predicted octanol–water partition coefficient (Wildman–Crippen LogP) is 1.03. The summed E-state index contributed by atoms with van der Waals surface area (Å²) in [5, 5.41) is 0. The number of rotatable bonds is 5. The van der Waals surface area contributed by atoms with Crippen LogP contribution in [0.5, 0.6) is 0 Å². The van der Waals surface area contributed by atoms with Crippen LogP contribution in [0.25, 0.3) is 0 Å². The molecule has 1 aromatic carbocycles. The van der Waals surface area contributed by atoms with E-state index in [1.165, 1.54) is 12.1 Å². The minimum absolute atomic E-state index is 0.0336. The first-order valence-electron chi connectivity index (χ1n) is 7.43. The number of hydrogen-bond acceptors (Lipinski definition) is 4. The standard InChI is InChI=1S/C15H23N3O3S/c1-11-5-6-12(9-13(11)14(16)19)22(20,21)18-10-15(17)7-3-2-4-8-15/h5-6,9,18H,2-4,7-8,10,17H2,1H3,(H2,16,19). The molecule has 6 nitrogen and oxygen atoms in total. The van der Waals surface area contributed by atoms with Gasteiger partial charge in [0, 0.05) is 17.6 Å². The van der Waals surface area contributed by atoms with Crippen LogP contribution < -0.4 is 16.2 Å². The number of nitrogens with two attached hydrogens (primary N) is 2. The van der Waals surface area contributed by atoms with Gasteiger partial charge in [0.25, 0.3) is 0 Å². The average molecular weight is 325 g/mol. The van der Waals surface area contributed by atoms with Crippen LogP contribution in [0.3, 0.4) is 0 Å². The van der Waals surface area contributed by atoms with E-state index in [0.29, 0.717) is 5.56 Å². The molecule has 2 rings (SSSR count). The van der Waals surface area contributed by atoms with Gasteiger partial charge in [-0.15, -0.1) is 0 Å². The molecule has 0 unspecified atom stereocenters.